The number of nitrogens with two attached hydrogens (primary N) is 1. The lowest BCUT2D eigenvalue weighted by Gasteiger charge is -2.22. The SMILES string of the molecule is CCCN(CCC)C(=O)c1c(-c2ccc3c(c2)OCO3)csc1N. The normalized spacial score (nSPS) is 12.4. The molecule has 0 saturated heterocycles. The summed E-state index contributed by atoms with van der Waals surface area (Å²) in [5, 5.41) is 2.50. The molecule has 1 aromatic carbocycles. The molecule has 1 amide bonds. The maximum absolute atomic E-state index is 13.0. The predicted molar refractivity (Wildman–Crippen MR) is 96.8 cm³/mol. The van der Waals surface area contributed by atoms with E-state index in [1.165, 1.54) is 11.3 Å². The van der Waals surface area contributed by atoms with Crippen molar-refractivity contribution in [3.05, 3.63) is 29.1 Å². The third-order valence-corrected chi connectivity index (χ3v) is 4.80. The van der Waals surface area contributed by atoms with Gasteiger partial charge < -0.3 is 20.1 Å². The van der Waals surface area contributed by atoms with Gasteiger partial charge in [-0.1, -0.05) is 19.9 Å². The van der Waals surface area contributed by atoms with Gasteiger partial charge in [-0.05, 0) is 30.5 Å². The van der Waals surface area contributed by atoms with Crippen LogP contribution in [0, 0.1) is 0 Å². The van der Waals surface area contributed by atoms with Crippen molar-refractivity contribution in [3.8, 4) is 22.6 Å². The van der Waals surface area contributed by atoms with Crippen LogP contribution in [0.15, 0.2) is 23.6 Å². The van der Waals surface area contributed by atoms with E-state index in [0.717, 1.165) is 42.8 Å². The molecular weight excluding hydrogens is 324 g/mol. The van der Waals surface area contributed by atoms with Crippen LogP contribution in [0.5, 0.6) is 11.5 Å². The number of nitrogen functional groups attached to an aromatic ring is 1. The molecular formula is C18H22N2O3S. The first-order chi connectivity index (χ1) is 11.7. The molecule has 0 fully saturated rings. The van der Waals surface area contributed by atoms with Gasteiger partial charge in [-0.2, -0.15) is 0 Å². The van der Waals surface area contributed by atoms with Crippen LogP contribution in [0.4, 0.5) is 5.00 Å². The van der Waals surface area contributed by atoms with Crippen molar-refractivity contribution in [2.75, 3.05) is 25.6 Å². The summed E-state index contributed by atoms with van der Waals surface area (Å²) in [6.45, 7) is 5.86. The summed E-state index contributed by atoms with van der Waals surface area (Å²) in [6.07, 6.45) is 1.85. The van der Waals surface area contributed by atoms with E-state index >= 15 is 0 Å². The number of rotatable bonds is 6. The number of nitrogens with zero attached hydrogens (tertiary/aromatic N) is 1. The molecule has 0 unspecified atom stereocenters. The summed E-state index contributed by atoms with van der Waals surface area (Å²) < 4.78 is 10.8. The lowest BCUT2D eigenvalue weighted by atomic mass is 10.0. The number of carbonyl (C=O) groups excluding carboxylic acids is 1. The second kappa shape index (κ2) is 7.13. The monoisotopic (exact) mass is 346 g/mol. The quantitative estimate of drug-likeness (QED) is 0.859. The highest BCUT2D eigenvalue weighted by Crippen LogP contribution is 2.40. The van der Waals surface area contributed by atoms with Gasteiger partial charge in [0.15, 0.2) is 11.5 Å². The summed E-state index contributed by atoms with van der Waals surface area (Å²) in [5.41, 5.74) is 8.51. The van der Waals surface area contributed by atoms with Crippen molar-refractivity contribution in [1.82, 2.24) is 4.90 Å². The van der Waals surface area contributed by atoms with Crippen molar-refractivity contribution in [3.63, 3.8) is 0 Å². The lowest BCUT2D eigenvalue weighted by Crippen LogP contribution is -2.33. The van der Waals surface area contributed by atoms with Gasteiger partial charge in [0.25, 0.3) is 5.91 Å². The number of anilines is 1. The fourth-order valence-corrected chi connectivity index (χ4v) is 3.70. The summed E-state index contributed by atoms with van der Waals surface area (Å²) >= 11 is 1.40. The third kappa shape index (κ3) is 3.06. The second-order valence-corrected chi connectivity index (χ2v) is 6.66. The molecule has 1 aromatic heterocycles. The van der Waals surface area contributed by atoms with Crippen molar-refractivity contribution >= 4 is 22.2 Å². The Morgan fingerprint density at radius 2 is 1.92 bits per heavy atom. The molecule has 0 atom stereocenters. The molecule has 1 aliphatic rings. The number of carbonyl (C=O) groups is 1. The van der Waals surface area contributed by atoms with Crippen LogP contribution in [0.3, 0.4) is 0 Å². The molecule has 24 heavy (non-hydrogen) atoms. The van der Waals surface area contributed by atoms with Crippen LogP contribution >= 0.6 is 11.3 Å². The smallest absolute Gasteiger partial charge is 0.257 e. The number of thiophene rings is 1. The van der Waals surface area contributed by atoms with Crippen LogP contribution in [0.2, 0.25) is 0 Å². The zero-order valence-electron chi connectivity index (χ0n) is 14.0. The van der Waals surface area contributed by atoms with Crippen LogP contribution in [-0.4, -0.2) is 30.7 Å². The fourth-order valence-electron chi connectivity index (χ4n) is 2.88. The molecule has 0 saturated carbocycles. The number of hydrogen-bond donors (Lipinski definition) is 1. The maximum atomic E-state index is 13.0. The molecule has 128 valence electrons. The first kappa shape index (κ1) is 16.6. The molecule has 0 spiro atoms. The van der Waals surface area contributed by atoms with E-state index in [4.69, 9.17) is 15.2 Å². The molecule has 6 heteroatoms. The van der Waals surface area contributed by atoms with E-state index < -0.39 is 0 Å². The number of hydrogen-bond acceptors (Lipinski definition) is 5. The van der Waals surface area contributed by atoms with Crippen LogP contribution in [0.25, 0.3) is 11.1 Å². The zero-order valence-corrected chi connectivity index (χ0v) is 14.8. The molecule has 1 aliphatic heterocycles. The highest BCUT2D eigenvalue weighted by Gasteiger charge is 2.24. The lowest BCUT2D eigenvalue weighted by molar-refractivity contribution is 0.0758. The average molecular weight is 346 g/mol. The van der Waals surface area contributed by atoms with Gasteiger partial charge in [-0.15, -0.1) is 11.3 Å². The topological polar surface area (TPSA) is 64.8 Å². The van der Waals surface area contributed by atoms with Crippen LogP contribution < -0.4 is 15.2 Å². The predicted octanol–water partition coefficient (Wildman–Crippen LogP) is 3.99. The Hall–Kier alpha value is -2.21. The minimum absolute atomic E-state index is 0.00474. The number of benzene rings is 1. The van der Waals surface area contributed by atoms with Gasteiger partial charge in [-0.3, -0.25) is 4.79 Å². The number of amides is 1. The summed E-state index contributed by atoms with van der Waals surface area (Å²) in [4.78, 5) is 14.9. The Labute approximate surface area is 146 Å². The van der Waals surface area contributed by atoms with Crippen molar-refractivity contribution < 1.29 is 14.3 Å². The Morgan fingerprint density at radius 1 is 1.21 bits per heavy atom. The zero-order chi connectivity index (χ0) is 17.1. The second-order valence-electron chi connectivity index (χ2n) is 5.75. The minimum Gasteiger partial charge on any atom is -0.454 e. The Kier molecular flexibility index (Phi) is 4.94. The van der Waals surface area contributed by atoms with Crippen LogP contribution in [0.1, 0.15) is 37.0 Å². The van der Waals surface area contributed by atoms with Crippen molar-refractivity contribution in [2.24, 2.45) is 0 Å². The highest BCUT2D eigenvalue weighted by molar-refractivity contribution is 7.15. The molecule has 0 bridgehead atoms. The van der Waals surface area contributed by atoms with Crippen molar-refractivity contribution in [1.29, 1.82) is 0 Å². The average Bonchev–Trinajstić information content (AvgIpc) is 3.19. The molecule has 0 aliphatic carbocycles. The van der Waals surface area contributed by atoms with E-state index in [2.05, 4.69) is 13.8 Å². The highest BCUT2D eigenvalue weighted by atomic mass is 32.1. The van der Waals surface area contributed by atoms with Gasteiger partial charge in [0.05, 0.1) is 10.6 Å². The van der Waals surface area contributed by atoms with Gasteiger partial charge in [0.2, 0.25) is 6.79 Å². The minimum atomic E-state index is 0.00474. The molecule has 2 heterocycles. The largest absolute Gasteiger partial charge is 0.454 e. The maximum Gasteiger partial charge on any atom is 0.257 e. The molecule has 3 rings (SSSR count). The van der Waals surface area contributed by atoms with E-state index in [0.29, 0.717) is 16.3 Å². The number of ether oxygens (including phenoxy) is 2. The van der Waals surface area contributed by atoms with Crippen LogP contribution in [-0.2, 0) is 0 Å². The Bertz CT molecular complexity index is 736. The summed E-state index contributed by atoms with van der Waals surface area (Å²) in [5.74, 6) is 1.44. The Morgan fingerprint density at radius 3 is 2.62 bits per heavy atom. The van der Waals surface area contributed by atoms with E-state index in [-0.39, 0.29) is 12.7 Å². The molecule has 5 nitrogen and oxygen atoms in total. The van der Waals surface area contributed by atoms with E-state index in [9.17, 15) is 4.79 Å². The third-order valence-electron chi connectivity index (χ3n) is 3.99. The number of fused-ring (bicyclic) bond motifs is 1. The van der Waals surface area contributed by atoms with Crippen molar-refractivity contribution in [2.45, 2.75) is 26.7 Å². The first-order valence-electron chi connectivity index (χ1n) is 8.22. The summed E-state index contributed by atoms with van der Waals surface area (Å²) in [6, 6.07) is 5.72. The van der Waals surface area contributed by atoms with E-state index in [1.54, 1.807) is 0 Å². The van der Waals surface area contributed by atoms with E-state index in [1.807, 2.05) is 28.5 Å². The van der Waals surface area contributed by atoms with Gasteiger partial charge >= 0.3 is 0 Å². The standard InChI is InChI=1S/C18H22N2O3S/c1-3-7-20(8-4-2)18(21)16-13(10-24-17(16)19)12-5-6-14-15(9-12)23-11-22-14/h5-6,9-10H,3-4,7-8,11,19H2,1-2H3. The van der Waals surface area contributed by atoms with Gasteiger partial charge in [0.1, 0.15) is 0 Å². The summed E-state index contributed by atoms with van der Waals surface area (Å²) in [7, 11) is 0. The van der Waals surface area contributed by atoms with Gasteiger partial charge in [-0.25, -0.2) is 0 Å². The molecule has 2 N–H and O–H groups in total. The molecule has 0 radical (unpaired) electrons. The molecule has 2 aromatic rings. The van der Waals surface area contributed by atoms with Gasteiger partial charge in [0, 0.05) is 24.0 Å². The first-order valence-corrected chi connectivity index (χ1v) is 9.09. The Balaban J connectivity index is 1.98. The fraction of sp³-hybridized carbons (Fsp3) is 0.389.